The number of hydrogen-bond donors (Lipinski definition) is 0. The maximum absolute atomic E-state index is 5.29. The van der Waals surface area contributed by atoms with Crippen LogP contribution in [0.1, 0.15) is 4.88 Å². The lowest BCUT2D eigenvalue weighted by Gasteiger charge is -1.96. The van der Waals surface area contributed by atoms with Crippen molar-refractivity contribution in [3.05, 3.63) is 47.3 Å². The van der Waals surface area contributed by atoms with Crippen LogP contribution in [-0.4, -0.2) is 6.61 Å². The Bertz CT molecular complexity index is 479. The maximum Gasteiger partial charge on any atom is 0.107 e. The molecule has 80 valence electrons. The summed E-state index contributed by atoms with van der Waals surface area (Å²) in [7, 11) is 0. The third kappa shape index (κ3) is 2.73. The maximum atomic E-state index is 5.29. The Morgan fingerprint density at radius 2 is 1.94 bits per heavy atom. The van der Waals surface area contributed by atoms with Crippen molar-refractivity contribution >= 4 is 11.3 Å². The molecule has 0 N–H and O–H groups in total. The monoisotopic (exact) mass is 228 g/mol. The van der Waals surface area contributed by atoms with E-state index in [2.05, 4.69) is 30.2 Å². The molecule has 0 spiro atoms. The van der Waals surface area contributed by atoms with Gasteiger partial charge in [-0.05, 0) is 17.7 Å². The fraction of sp³-hybridized carbons (Fsp3) is 0.143. The van der Waals surface area contributed by atoms with Gasteiger partial charge in [0, 0.05) is 9.75 Å². The third-order valence-electron chi connectivity index (χ3n) is 2.15. The fourth-order valence-electron chi connectivity index (χ4n) is 1.42. The van der Waals surface area contributed by atoms with Crippen LogP contribution in [-0.2, 0) is 11.3 Å². The van der Waals surface area contributed by atoms with Gasteiger partial charge in [-0.3, -0.25) is 0 Å². The highest BCUT2D eigenvalue weighted by Crippen LogP contribution is 2.28. The van der Waals surface area contributed by atoms with Crippen LogP contribution < -0.4 is 0 Å². The van der Waals surface area contributed by atoms with E-state index >= 15 is 0 Å². The molecule has 2 rings (SSSR count). The van der Waals surface area contributed by atoms with Gasteiger partial charge in [0.1, 0.15) is 6.61 Å². The van der Waals surface area contributed by atoms with Crippen molar-refractivity contribution in [1.82, 2.24) is 0 Å². The zero-order valence-electron chi connectivity index (χ0n) is 8.85. The Morgan fingerprint density at radius 1 is 1.12 bits per heavy atom. The Hall–Kier alpha value is -1.56. The van der Waals surface area contributed by atoms with Gasteiger partial charge in [0.15, 0.2) is 0 Å². The standard InChI is InChI=1S/C14H12OS/c1-2-10-15-11-13-8-9-14(16-13)12-6-4-3-5-7-12/h1,3-9H,10-11H2. The summed E-state index contributed by atoms with van der Waals surface area (Å²) in [5, 5.41) is 0. The molecule has 0 aliphatic rings. The zero-order chi connectivity index (χ0) is 11.2. The number of rotatable bonds is 4. The first kappa shape index (κ1) is 10.9. The van der Waals surface area contributed by atoms with Crippen molar-refractivity contribution in [2.45, 2.75) is 6.61 Å². The van der Waals surface area contributed by atoms with Gasteiger partial charge >= 0.3 is 0 Å². The highest BCUT2D eigenvalue weighted by atomic mass is 32.1. The molecule has 0 unspecified atom stereocenters. The van der Waals surface area contributed by atoms with E-state index in [4.69, 9.17) is 11.2 Å². The number of terminal acetylenes is 1. The van der Waals surface area contributed by atoms with E-state index in [0.717, 1.165) is 0 Å². The van der Waals surface area contributed by atoms with Gasteiger partial charge in [0.25, 0.3) is 0 Å². The van der Waals surface area contributed by atoms with Crippen LogP contribution in [0.15, 0.2) is 42.5 Å². The first-order valence-corrected chi connectivity index (χ1v) is 5.87. The molecule has 1 aromatic heterocycles. The number of hydrogen-bond acceptors (Lipinski definition) is 2. The highest BCUT2D eigenvalue weighted by Gasteiger charge is 2.01. The molecule has 0 saturated carbocycles. The summed E-state index contributed by atoms with van der Waals surface area (Å²) in [6.45, 7) is 0.972. The van der Waals surface area contributed by atoms with Crippen LogP contribution in [0.2, 0.25) is 0 Å². The van der Waals surface area contributed by atoms with Gasteiger partial charge in [0.05, 0.1) is 6.61 Å². The van der Waals surface area contributed by atoms with Crippen molar-refractivity contribution in [3.63, 3.8) is 0 Å². The molecule has 0 aliphatic heterocycles. The lowest BCUT2D eigenvalue weighted by Crippen LogP contribution is -1.89. The van der Waals surface area contributed by atoms with Crippen LogP contribution in [0.3, 0.4) is 0 Å². The summed E-state index contributed by atoms with van der Waals surface area (Å²) in [4.78, 5) is 2.47. The van der Waals surface area contributed by atoms with Crippen LogP contribution in [0, 0.1) is 12.3 Å². The second-order valence-corrected chi connectivity index (χ2v) is 4.50. The average Bonchev–Trinajstić information content (AvgIpc) is 2.79. The molecule has 0 radical (unpaired) electrons. The minimum Gasteiger partial charge on any atom is -0.363 e. The van der Waals surface area contributed by atoms with E-state index in [1.165, 1.54) is 15.3 Å². The smallest absolute Gasteiger partial charge is 0.107 e. The summed E-state index contributed by atoms with van der Waals surface area (Å²) >= 11 is 1.74. The van der Waals surface area contributed by atoms with E-state index in [9.17, 15) is 0 Å². The van der Waals surface area contributed by atoms with E-state index in [-0.39, 0.29) is 0 Å². The number of benzene rings is 1. The molecular weight excluding hydrogens is 216 g/mol. The van der Waals surface area contributed by atoms with Gasteiger partial charge in [-0.15, -0.1) is 17.8 Å². The van der Waals surface area contributed by atoms with E-state index in [1.807, 2.05) is 18.2 Å². The molecule has 0 amide bonds. The SMILES string of the molecule is C#CCOCc1ccc(-c2ccccc2)s1. The van der Waals surface area contributed by atoms with Gasteiger partial charge in [0.2, 0.25) is 0 Å². The third-order valence-corrected chi connectivity index (χ3v) is 3.26. The van der Waals surface area contributed by atoms with Gasteiger partial charge in [-0.2, -0.15) is 0 Å². The van der Waals surface area contributed by atoms with Gasteiger partial charge in [-0.25, -0.2) is 0 Å². The zero-order valence-corrected chi connectivity index (χ0v) is 9.67. The summed E-state index contributed by atoms with van der Waals surface area (Å²) in [5.74, 6) is 2.46. The predicted octanol–water partition coefficient (Wildman–Crippen LogP) is 3.56. The van der Waals surface area contributed by atoms with Crippen molar-refractivity contribution < 1.29 is 4.74 Å². The van der Waals surface area contributed by atoms with Crippen molar-refractivity contribution in [2.75, 3.05) is 6.61 Å². The van der Waals surface area contributed by atoms with Crippen molar-refractivity contribution in [1.29, 1.82) is 0 Å². The Kier molecular flexibility index (Phi) is 3.76. The number of thiophene rings is 1. The molecule has 0 atom stereocenters. The van der Waals surface area contributed by atoms with Gasteiger partial charge < -0.3 is 4.74 Å². The van der Waals surface area contributed by atoms with Crippen LogP contribution in [0.4, 0.5) is 0 Å². The Morgan fingerprint density at radius 3 is 2.69 bits per heavy atom. The first-order valence-electron chi connectivity index (χ1n) is 5.05. The minimum absolute atomic E-state index is 0.374. The van der Waals surface area contributed by atoms with E-state index in [0.29, 0.717) is 13.2 Å². The molecule has 0 saturated heterocycles. The van der Waals surface area contributed by atoms with E-state index in [1.54, 1.807) is 11.3 Å². The second kappa shape index (κ2) is 5.50. The summed E-state index contributed by atoms with van der Waals surface area (Å²) in [5.41, 5.74) is 1.25. The molecule has 2 aromatic rings. The molecule has 1 nitrogen and oxygen atoms in total. The lowest BCUT2D eigenvalue weighted by molar-refractivity contribution is 0.156. The molecule has 0 bridgehead atoms. The van der Waals surface area contributed by atoms with Gasteiger partial charge in [-0.1, -0.05) is 36.3 Å². The number of ether oxygens (including phenoxy) is 1. The molecular formula is C14H12OS. The summed E-state index contributed by atoms with van der Waals surface area (Å²) in [6, 6.07) is 14.5. The lowest BCUT2D eigenvalue weighted by atomic mass is 10.2. The topological polar surface area (TPSA) is 9.23 Å². The molecule has 0 aliphatic carbocycles. The molecule has 0 fully saturated rings. The van der Waals surface area contributed by atoms with Crippen molar-refractivity contribution in [2.24, 2.45) is 0 Å². The molecule has 1 heterocycles. The minimum atomic E-state index is 0.374. The Balaban J connectivity index is 2.06. The summed E-state index contributed by atoms with van der Waals surface area (Å²) in [6.07, 6.45) is 5.12. The summed E-state index contributed by atoms with van der Waals surface area (Å²) < 4.78 is 5.29. The van der Waals surface area contributed by atoms with Crippen molar-refractivity contribution in [3.8, 4) is 22.8 Å². The average molecular weight is 228 g/mol. The van der Waals surface area contributed by atoms with Crippen LogP contribution in [0.25, 0.3) is 10.4 Å². The molecule has 2 heteroatoms. The van der Waals surface area contributed by atoms with E-state index < -0.39 is 0 Å². The Labute approximate surface area is 99.7 Å². The highest BCUT2D eigenvalue weighted by molar-refractivity contribution is 7.15. The molecule has 16 heavy (non-hydrogen) atoms. The first-order chi connectivity index (χ1) is 7.90. The van der Waals surface area contributed by atoms with Crippen LogP contribution >= 0.6 is 11.3 Å². The predicted molar refractivity (Wildman–Crippen MR) is 68.2 cm³/mol. The molecule has 1 aromatic carbocycles. The fourth-order valence-corrected chi connectivity index (χ4v) is 2.37. The quantitative estimate of drug-likeness (QED) is 0.574. The second-order valence-electron chi connectivity index (χ2n) is 3.33. The van der Waals surface area contributed by atoms with Crippen LogP contribution in [0.5, 0.6) is 0 Å². The normalized spacial score (nSPS) is 9.94. The largest absolute Gasteiger partial charge is 0.363 e.